The lowest BCUT2D eigenvalue weighted by molar-refractivity contribution is -0.134. The molecule has 0 aromatic heterocycles. The number of hydrogen-bond donors (Lipinski definition) is 1. The van der Waals surface area contributed by atoms with Gasteiger partial charge < -0.3 is 19.5 Å². The molecule has 0 unspecified atom stereocenters. The standard InChI is InChI=1S/C23H31NO3/c1-4-26-22(27-5-2)16-24-21-14-13-17-9-6-7-12-20(17)23(21)18-10-8-11-19(15-18)25-3/h6-12,15,21-24H,4-5,13-14,16H2,1-3H3/t21-,23-/m0/s1. The number of ether oxygens (including phenoxy) is 3. The van der Waals surface area contributed by atoms with Gasteiger partial charge in [-0.25, -0.2) is 0 Å². The van der Waals surface area contributed by atoms with Gasteiger partial charge in [-0.3, -0.25) is 0 Å². The fourth-order valence-electron chi connectivity index (χ4n) is 4.01. The molecule has 2 aromatic carbocycles. The van der Waals surface area contributed by atoms with Crippen molar-refractivity contribution in [3.05, 3.63) is 65.2 Å². The summed E-state index contributed by atoms with van der Waals surface area (Å²) in [6.45, 7) is 6.00. The Bertz CT molecular complexity index is 712. The van der Waals surface area contributed by atoms with Crippen molar-refractivity contribution in [3.63, 3.8) is 0 Å². The van der Waals surface area contributed by atoms with E-state index in [0.29, 0.717) is 25.8 Å². The van der Waals surface area contributed by atoms with Gasteiger partial charge in [-0.1, -0.05) is 36.4 Å². The van der Waals surface area contributed by atoms with Crippen LogP contribution in [0.15, 0.2) is 48.5 Å². The normalized spacial score (nSPS) is 19.1. The third-order valence-electron chi connectivity index (χ3n) is 5.22. The van der Waals surface area contributed by atoms with E-state index < -0.39 is 0 Å². The Morgan fingerprint density at radius 1 is 1.04 bits per heavy atom. The lowest BCUT2D eigenvalue weighted by Gasteiger charge is -2.35. The molecule has 0 aliphatic heterocycles. The summed E-state index contributed by atoms with van der Waals surface area (Å²) in [5.74, 6) is 1.18. The van der Waals surface area contributed by atoms with E-state index in [1.807, 2.05) is 19.9 Å². The van der Waals surface area contributed by atoms with Crippen molar-refractivity contribution in [1.82, 2.24) is 5.32 Å². The molecule has 2 aromatic rings. The molecule has 1 aliphatic carbocycles. The van der Waals surface area contributed by atoms with E-state index in [1.54, 1.807) is 7.11 Å². The fourth-order valence-corrected chi connectivity index (χ4v) is 4.01. The molecule has 0 bridgehead atoms. The first kappa shape index (κ1) is 19.9. The van der Waals surface area contributed by atoms with E-state index in [1.165, 1.54) is 16.7 Å². The first-order valence-electron chi connectivity index (χ1n) is 9.95. The predicted molar refractivity (Wildman–Crippen MR) is 108 cm³/mol. The summed E-state index contributed by atoms with van der Waals surface area (Å²) >= 11 is 0. The summed E-state index contributed by atoms with van der Waals surface area (Å²) < 4.78 is 16.9. The molecule has 0 amide bonds. The van der Waals surface area contributed by atoms with Crippen molar-refractivity contribution >= 4 is 0 Å². The van der Waals surface area contributed by atoms with Crippen LogP contribution in [-0.4, -0.2) is 39.2 Å². The van der Waals surface area contributed by atoms with Crippen molar-refractivity contribution < 1.29 is 14.2 Å². The quantitative estimate of drug-likeness (QED) is 0.675. The van der Waals surface area contributed by atoms with E-state index in [4.69, 9.17) is 14.2 Å². The lowest BCUT2D eigenvalue weighted by atomic mass is 9.75. The molecule has 3 rings (SSSR count). The highest BCUT2D eigenvalue weighted by Crippen LogP contribution is 2.38. The summed E-state index contributed by atoms with van der Waals surface area (Å²) in [5.41, 5.74) is 4.12. The van der Waals surface area contributed by atoms with Gasteiger partial charge >= 0.3 is 0 Å². The van der Waals surface area contributed by atoms with Gasteiger partial charge in [0.15, 0.2) is 6.29 Å². The highest BCUT2D eigenvalue weighted by Gasteiger charge is 2.31. The third-order valence-corrected chi connectivity index (χ3v) is 5.22. The maximum atomic E-state index is 5.72. The Hall–Kier alpha value is -1.88. The van der Waals surface area contributed by atoms with Gasteiger partial charge in [-0.05, 0) is 55.5 Å². The van der Waals surface area contributed by atoms with E-state index >= 15 is 0 Å². The van der Waals surface area contributed by atoms with Crippen LogP contribution in [0.2, 0.25) is 0 Å². The first-order valence-corrected chi connectivity index (χ1v) is 9.95. The van der Waals surface area contributed by atoms with Gasteiger partial charge in [0.25, 0.3) is 0 Å². The van der Waals surface area contributed by atoms with E-state index in [0.717, 1.165) is 18.6 Å². The van der Waals surface area contributed by atoms with E-state index in [2.05, 4.69) is 47.8 Å². The van der Waals surface area contributed by atoms with Gasteiger partial charge in [-0.2, -0.15) is 0 Å². The van der Waals surface area contributed by atoms with Crippen LogP contribution in [0.3, 0.4) is 0 Å². The molecule has 0 saturated carbocycles. The van der Waals surface area contributed by atoms with Gasteiger partial charge in [0.1, 0.15) is 5.75 Å². The van der Waals surface area contributed by atoms with Crippen LogP contribution in [0.25, 0.3) is 0 Å². The topological polar surface area (TPSA) is 39.7 Å². The third kappa shape index (κ3) is 4.89. The maximum Gasteiger partial charge on any atom is 0.169 e. The minimum Gasteiger partial charge on any atom is -0.497 e. The van der Waals surface area contributed by atoms with Crippen LogP contribution in [0.4, 0.5) is 0 Å². The minimum atomic E-state index is -0.205. The van der Waals surface area contributed by atoms with Crippen LogP contribution in [-0.2, 0) is 15.9 Å². The summed E-state index contributed by atoms with van der Waals surface area (Å²) in [7, 11) is 1.72. The molecule has 4 heteroatoms. The summed E-state index contributed by atoms with van der Waals surface area (Å²) in [5, 5.41) is 3.73. The second kappa shape index (κ2) is 9.88. The first-order chi connectivity index (χ1) is 13.3. The lowest BCUT2D eigenvalue weighted by Crippen LogP contribution is -2.43. The van der Waals surface area contributed by atoms with Gasteiger partial charge in [0.2, 0.25) is 0 Å². The SMILES string of the molecule is CCOC(CN[C@H]1CCc2ccccc2[C@@H]1c1cccc(OC)c1)OCC. The molecule has 1 aliphatic rings. The molecule has 0 spiro atoms. The van der Waals surface area contributed by atoms with Crippen molar-refractivity contribution in [1.29, 1.82) is 0 Å². The highest BCUT2D eigenvalue weighted by molar-refractivity contribution is 5.44. The highest BCUT2D eigenvalue weighted by atomic mass is 16.7. The van der Waals surface area contributed by atoms with Crippen molar-refractivity contribution in [3.8, 4) is 5.75 Å². The molecule has 27 heavy (non-hydrogen) atoms. The van der Waals surface area contributed by atoms with E-state index in [-0.39, 0.29) is 12.2 Å². The second-order valence-corrected chi connectivity index (χ2v) is 6.85. The average Bonchev–Trinajstić information content (AvgIpc) is 2.72. The molecular weight excluding hydrogens is 338 g/mol. The molecule has 146 valence electrons. The predicted octanol–water partition coefficient (Wildman–Crippen LogP) is 4.13. The second-order valence-electron chi connectivity index (χ2n) is 6.85. The molecule has 2 atom stereocenters. The number of fused-ring (bicyclic) bond motifs is 1. The fraction of sp³-hybridized carbons (Fsp3) is 0.478. The van der Waals surface area contributed by atoms with Crippen LogP contribution in [0.5, 0.6) is 5.75 Å². The smallest absolute Gasteiger partial charge is 0.169 e. The Morgan fingerprint density at radius 3 is 2.56 bits per heavy atom. The minimum absolute atomic E-state index is 0.205. The van der Waals surface area contributed by atoms with Gasteiger partial charge in [-0.15, -0.1) is 0 Å². The zero-order valence-electron chi connectivity index (χ0n) is 16.6. The Kier molecular flexibility index (Phi) is 7.27. The van der Waals surface area contributed by atoms with Gasteiger partial charge in [0.05, 0.1) is 7.11 Å². The molecule has 0 saturated heterocycles. The average molecular weight is 370 g/mol. The molecule has 4 nitrogen and oxygen atoms in total. The Morgan fingerprint density at radius 2 is 1.81 bits per heavy atom. The summed E-state index contributed by atoms with van der Waals surface area (Å²) in [6.07, 6.45) is 1.97. The number of benzene rings is 2. The molecule has 0 radical (unpaired) electrons. The van der Waals surface area contributed by atoms with Crippen molar-refractivity contribution in [2.24, 2.45) is 0 Å². The number of nitrogens with one attached hydrogen (secondary N) is 1. The van der Waals surface area contributed by atoms with E-state index in [9.17, 15) is 0 Å². The number of aryl methyl sites for hydroxylation is 1. The van der Waals surface area contributed by atoms with Crippen molar-refractivity contribution in [2.75, 3.05) is 26.9 Å². The molecule has 1 N–H and O–H groups in total. The summed E-state index contributed by atoms with van der Waals surface area (Å²) in [6, 6.07) is 17.5. The Labute approximate surface area is 162 Å². The number of rotatable bonds is 9. The molecule has 0 heterocycles. The molecule has 0 fully saturated rings. The van der Waals surface area contributed by atoms with Crippen LogP contribution >= 0.6 is 0 Å². The molecular formula is C23H31NO3. The largest absolute Gasteiger partial charge is 0.497 e. The van der Waals surface area contributed by atoms with Crippen LogP contribution < -0.4 is 10.1 Å². The Balaban J connectivity index is 1.85. The number of methoxy groups -OCH3 is 1. The van der Waals surface area contributed by atoms with Gasteiger partial charge in [0, 0.05) is 31.7 Å². The zero-order chi connectivity index (χ0) is 19.1. The summed E-state index contributed by atoms with van der Waals surface area (Å²) in [4.78, 5) is 0. The van der Waals surface area contributed by atoms with Crippen LogP contribution in [0.1, 0.15) is 42.9 Å². The number of hydrogen-bond acceptors (Lipinski definition) is 4. The van der Waals surface area contributed by atoms with Crippen molar-refractivity contribution in [2.45, 2.75) is 44.9 Å². The monoisotopic (exact) mass is 369 g/mol. The maximum absolute atomic E-state index is 5.72. The zero-order valence-corrected chi connectivity index (χ0v) is 16.6. The van der Waals surface area contributed by atoms with Crippen LogP contribution in [0, 0.1) is 0 Å².